The summed E-state index contributed by atoms with van der Waals surface area (Å²) in [7, 11) is 1.79. The van der Waals surface area contributed by atoms with E-state index in [2.05, 4.69) is 57.1 Å². The van der Waals surface area contributed by atoms with E-state index in [1.807, 2.05) is 13.0 Å². The Morgan fingerprint density at radius 1 is 1.00 bits per heavy atom. The van der Waals surface area contributed by atoms with Gasteiger partial charge in [0.1, 0.15) is 11.9 Å². The van der Waals surface area contributed by atoms with Crippen molar-refractivity contribution < 1.29 is 48.4 Å². The Morgan fingerprint density at radius 3 is 2.00 bits per heavy atom. The molecule has 2 saturated carbocycles. The van der Waals surface area contributed by atoms with Gasteiger partial charge >= 0.3 is 23.0 Å². The normalized spacial score (nSPS) is 19.2. The van der Waals surface area contributed by atoms with Crippen LogP contribution in [-0.2, 0) is 43.7 Å². The van der Waals surface area contributed by atoms with Gasteiger partial charge in [-0.3, -0.25) is 4.79 Å². The number of benzene rings is 1. The number of carbonyl (C=O) groups is 1. The van der Waals surface area contributed by atoms with Gasteiger partial charge in [0, 0.05) is 22.6 Å². The van der Waals surface area contributed by atoms with Gasteiger partial charge in [0.05, 0.1) is 12.5 Å². The molecule has 0 aromatic heterocycles. The molecule has 0 saturated heterocycles. The molecular weight excluding hydrogens is 556 g/mol. The van der Waals surface area contributed by atoms with Crippen molar-refractivity contribution in [3.63, 3.8) is 0 Å². The molecule has 2 fully saturated rings. The number of hydrogen-bond acceptors (Lipinski definition) is 4. The van der Waals surface area contributed by atoms with Crippen LogP contribution in [0.4, 0.5) is 0 Å². The first-order valence-corrected chi connectivity index (χ1v) is 13.9. The molecule has 3 aliphatic rings. The fourth-order valence-corrected chi connectivity index (χ4v) is 5.21. The zero-order valence-electron chi connectivity index (χ0n) is 24.0. The summed E-state index contributed by atoms with van der Waals surface area (Å²) < 4.78 is 11.2. The molecule has 1 atom stereocenters. The van der Waals surface area contributed by atoms with E-state index in [9.17, 15) is 4.79 Å². The molecule has 1 aromatic carbocycles. The second-order valence-corrected chi connectivity index (χ2v) is 10.6. The minimum absolute atomic E-state index is 0. The molecule has 37 heavy (non-hydrogen) atoms. The van der Waals surface area contributed by atoms with Gasteiger partial charge in [0.2, 0.25) is 0 Å². The van der Waals surface area contributed by atoms with E-state index in [0.717, 1.165) is 30.0 Å². The van der Waals surface area contributed by atoms with E-state index < -0.39 is 0 Å². The van der Waals surface area contributed by atoms with Gasteiger partial charge in [0.25, 0.3) is 0 Å². The second-order valence-electron chi connectivity index (χ2n) is 10.6. The SMILES string of the molecule is C1CCCC1.CCOC(=O)C1CCCC1.CN=C1[N-]C(C)c2cccc(OC(C(C)C)C(C)C)c21.[Cu+].[Fe]. The van der Waals surface area contributed by atoms with Crippen molar-refractivity contribution in [2.45, 2.75) is 111 Å². The standard InChI is InChI=1S/C17H25N2O.C8H14O2.C5H10.Cu.Fe/c1-10(2)16(11(3)4)20-14-9-7-8-13-12(5)19-17(18-6)15(13)14;1-2-10-8(9)7-5-3-4-6-7;1-2-4-5-3-1;;/h7-12,16H,1-6H3;7H,2-6H2,1H3;1-5H2;;/q-1;;;+1;. The topological polar surface area (TPSA) is 62.0 Å². The van der Waals surface area contributed by atoms with E-state index in [1.54, 1.807) is 7.05 Å². The fourth-order valence-electron chi connectivity index (χ4n) is 5.21. The smallest absolute Gasteiger partial charge is 0.489 e. The Bertz CT molecular complexity index is 790. The molecular formula is C30H49CuFeN2O3. The zero-order valence-corrected chi connectivity index (χ0v) is 26.0. The summed E-state index contributed by atoms with van der Waals surface area (Å²) in [5.74, 6) is 2.92. The van der Waals surface area contributed by atoms with Gasteiger partial charge in [-0.25, -0.2) is 0 Å². The van der Waals surface area contributed by atoms with Crippen molar-refractivity contribution in [2.75, 3.05) is 13.7 Å². The number of ether oxygens (including phenoxy) is 2. The van der Waals surface area contributed by atoms with Gasteiger partial charge in [-0.05, 0) is 49.3 Å². The number of hydrogen-bond donors (Lipinski definition) is 0. The van der Waals surface area contributed by atoms with Crippen LogP contribution in [0.15, 0.2) is 23.2 Å². The minimum atomic E-state index is 0. The van der Waals surface area contributed by atoms with E-state index in [4.69, 9.17) is 9.47 Å². The number of aliphatic imine (C=N–C) groups is 1. The molecule has 5 nitrogen and oxygen atoms in total. The first kappa shape index (κ1) is 36.0. The minimum Gasteiger partial charge on any atom is -0.489 e. The average Bonchev–Trinajstić information content (AvgIpc) is 3.61. The monoisotopic (exact) mass is 604 g/mol. The van der Waals surface area contributed by atoms with Crippen LogP contribution in [0.1, 0.15) is 116 Å². The first-order chi connectivity index (χ1) is 16.8. The molecule has 0 spiro atoms. The summed E-state index contributed by atoms with van der Waals surface area (Å²) in [6, 6.07) is 6.38. The number of fused-ring (bicyclic) bond motifs is 1. The Kier molecular flexibility index (Phi) is 18.6. The Labute approximate surface area is 247 Å². The number of rotatable bonds is 6. The quantitative estimate of drug-likeness (QED) is 0.243. The van der Waals surface area contributed by atoms with Crippen LogP contribution in [0.2, 0.25) is 0 Å². The molecule has 1 aliphatic heterocycles. The van der Waals surface area contributed by atoms with Crippen molar-refractivity contribution in [1.82, 2.24) is 0 Å². The van der Waals surface area contributed by atoms with E-state index in [-0.39, 0.29) is 58.2 Å². The zero-order chi connectivity index (χ0) is 25.8. The number of nitrogens with zero attached hydrogens (tertiary/aromatic N) is 2. The summed E-state index contributed by atoms with van der Waals surface area (Å²) in [5, 5.41) is 4.60. The molecule has 0 radical (unpaired) electrons. The number of carbonyl (C=O) groups excluding carboxylic acids is 1. The maximum Gasteiger partial charge on any atom is 1.00 e. The van der Waals surface area contributed by atoms with Gasteiger partial charge < -0.3 is 19.8 Å². The van der Waals surface area contributed by atoms with Gasteiger partial charge in [-0.2, -0.15) is 0 Å². The van der Waals surface area contributed by atoms with Crippen molar-refractivity contribution in [3.05, 3.63) is 34.6 Å². The first-order valence-electron chi connectivity index (χ1n) is 13.9. The molecule has 4 rings (SSSR count). The van der Waals surface area contributed by atoms with Gasteiger partial charge in [-0.15, -0.1) is 0 Å². The summed E-state index contributed by atoms with van der Waals surface area (Å²) in [6.07, 6.45) is 12.2. The third kappa shape index (κ3) is 11.3. The van der Waals surface area contributed by atoms with Crippen LogP contribution in [0, 0.1) is 17.8 Å². The van der Waals surface area contributed by atoms with Crippen LogP contribution in [0.25, 0.3) is 5.32 Å². The predicted octanol–water partition coefficient (Wildman–Crippen LogP) is 8.26. The number of amidine groups is 1. The molecule has 0 N–H and O–H groups in total. The summed E-state index contributed by atoms with van der Waals surface area (Å²) in [6.45, 7) is 13.3. The third-order valence-electron chi connectivity index (χ3n) is 7.06. The molecule has 7 heteroatoms. The van der Waals surface area contributed by atoms with Gasteiger partial charge in [-0.1, -0.05) is 105 Å². The second kappa shape index (κ2) is 19.1. The summed E-state index contributed by atoms with van der Waals surface area (Å²) in [4.78, 5) is 15.3. The average molecular weight is 605 g/mol. The molecule has 1 heterocycles. The number of esters is 1. The van der Waals surface area contributed by atoms with E-state index >= 15 is 0 Å². The Morgan fingerprint density at radius 2 is 1.54 bits per heavy atom. The van der Waals surface area contributed by atoms with E-state index in [0.29, 0.717) is 18.4 Å². The fraction of sp³-hybridized carbons (Fsp3) is 0.733. The maximum absolute atomic E-state index is 11.0. The largest absolute Gasteiger partial charge is 1.00 e. The van der Waals surface area contributed by atoms with Crippen LogP contribution in [-0.4, -0.2) is 31.6 Å². The summed E-state index contributed by atoms with van der Waals surface area (Å²) in [5.41, 5.74) is 2.29. The molecule has 0 amide bonds. The van der Waals surface area contributed by atoms with Crippen LogP contribution in [0.3, 0.4) is 0 Å². The predicted molar refractivity (Wildman–Crippen MR) is 146 cm³/mol. The molecule has 1 aromatic rings. The molecule has 0 bridgehead atoms. The van der Waals surface area contributed by atoms with Crippen LogP contribution < -0.4 is 4.74 Å². The summed E-state index contributed by atoms with van der Waals surface area (Å²) >= 11 is 0. The van der Waals surface area contributed by atoms with E-state index in [1.165, 1.54) is 50.5 Å². The van der Waals surface area contributed by atoms with Crippen LogP contribution >= 0.6 is 0 Å². The Hall–Kier alpha value is -1.00. The molecule has 216 valence electrons. The van der Waals surface area contributed by atoms with Crippen molar-refractivity contribution in [3.8, 4) is 5.75 Å². The van der Waals surface area contributed by atoms with Gasteiger partial charge in [0.15, 0.2) is 0 Å². The van der Waals surface area contributed by atoms with Crippen molar-refractivity contribution >= 4 is 11.8 Å². The third-order valence-corrected chi connectivity index (χ3v) is 7.06. The Balaban J connectivity index is 0.000000634. The van der Waals surface area contributed by atoms with Crippen LogP contribution in [0.5, 0.6) is 5.75 Å². The molecule has 2 aliphatic carbocycles. The van der Waals surface area contributed by atoms with Crippen molar-refractivity contribution in [1.29, 1.82) is 0 Å². The maximum atomic E-state index is 11.0. The molecule has 1 unspecified atom stereocenters. The van der Waals surface area contributed by atoms with Crippen molar-refractivity contribution in [2.24, 2.45) is 22.7 Å².